The summed E-state index contributed by atoms with van der Waals surface area (Å²) < 4.78 is 10.7. The van der Waals surface area contributed by atoms with Crippen LogP contribution in [0, 0.1) is 0 Å². The summed E-state index contributed by atoms with van der Waals surface area (Å²) in [6, 6.07) is 19.7. The van der Waals surface area contributed by atoms with E-state index in [0.717, 1.165) is 11.1 Å². The molecule has 0 spiro atoms. The first-order valence-electron chi connectivity index (χ1n) is 10.1. The van der Waals surface area contributed by atoms with Gasteiger partial charge in [-0.25, -0.2) is 10.2 Å². The third-order valence-electron chi connectivity index (χ3n) is 4.46. The Bertz CT molecular complexity index is 1260. The van der Waals surface area contributed by atoms with E-state index in [1.165, 1.54) is 11.0 Å². The van der Waals surface area contributed by atoms with Gasteiger partial charge in [0.05, 0.1) is 18.4 Å². The Morgan fingerprint density at radius 2 is 1.85 bits per heavy atom. The number of hydrazone groups is 1. The molecule has 2 aromatic carbocycles. The number of nitrogens with one attached hydrogen (secondary N) is 1. The number of nitrogens with zero attached hydrogens (tertiary/aromatic N) is 5. The number of carbonyl (C=O) groups is 2. The van der Waals surface area contributed by atoms with Gasteiger partial charge in [0.1, 0.15) is 18.1 Å². The quantitative estimate of drug-likeness (QED) is 0.252. The molecule has 10 heteroatoms. The molecule has 0 saturated heterocycles. The Kier molecular flexibility index (Phi) is 6.64. The largest absolute Gasteiger partial charge is 0.462 e. The van der Waals surface area contributed by atoms with Gasteiger partial charge < -0.3 is 9.15 Å². The molecule has 33 heavy (non-hydrogen) atoms. The van der Waals surface area contributed by atoms with Crippen molar-refractivity contribution in [2.45, 2.75) is 13.5 Å². The average molecular weight is 444 g/mol. The van der Waals surface area contributed by atoms with Gasteiger partial charge in [-0.05, 0) is 36.4 Å². The van der Waals surface area contributed by atoms with Crippen molar-refractivity contribution in [2.24, 2.45) is 5.10 Å². The van der Waals surface area contributed by atoms with Crippen LogP contribution in [0.4, 0.5) is 0 Å². The molecule has 2 heterocycles. The van der Waals surface area contributed by atoms with Crippen LogP contribution in [0.25, 0.3) is 22.7 Å². The van der Waals surface area contributed by atoms with Crippen molar-refractivity contribution in [3.63, 3.8) is 0 Å². The summed E-state index contributed by atoms with van der Waals surface area (Å²) in [6.07, 6.45) is 1.39. The third kappa shape index (κ3) is 5.56. The van der Waals surface area contributed by atoms with Gasteiger partial charge in [0.15, 0.2) is 0 Å². The highest BCUT2D eigenvalue weighted by molar-refractivity contribution is 5.90. The van der Waals surface area contributed by atoms with Crippen LogP contribution >= 0.6 is 0 Å². The van der Waals surface area contributed by atoms with E-state index in [0.29, 0.717) is 29.5 Å². The van der Waals surface area contributed by atoms with Crippen LogP contribution in [0.15, 0.2) is 76.2 Å². The Labute approximate surface area is 188 Å². The van der Waals surface area contributed by atoms with Crippen LogP contribution in [0.2, 0.25) is 0 Å². The van der Waals surface area contributed by atoms with Gasteiger partial charge in [-0.1, -0.05) is 42.5 Å². The first-order chi connectivity index (χ1) is 16.1. The summed E-state index contributed by atoms with van der Waals surface area (Å²) in [5.41, 5.74) is 4.47. The number of tetrazole rings is 1. The molecule has 0 atom stereocenters. The SMILES string of the molecule is CCOC(=O)c1ccc(-c2ccc(/C=N\NC(=O)Cn3nnc(-c4ccccc4)n3)o2)cc1. The smallest absolute Gasteiger partial charge is 0.338 e. The number of ether oxygens (including phenoxy) is 1. The number of hydrogen-bond donors (Lipinski definition) is 1. The van der Waals surface area contributed by atoms with E-state index in [9.17, 15) is 9.59 Å². The molecule has 0 aliphatic heterocycles. The van der Waals surface area contributed by atoms with Gasteiger partial charge in [-0.3, -0.25) is 4.79 Å². The fourth-order valence-electron chi connectivity index (χ4n) is 2.91. The number of carbonyl (C=O) groups excluding carboxylic acids is 2. The molecule has 1 amide bonds. The molecule has 166 valence electrons. The lowest BCUT2D eigenvalue weighted by Crippen LogP contribution is -2.24. The zero-order valence-corrected chi connectivity index (χ0v) is 17.7. The molecular weight excluding hydrogens is 424 g/mol. The van der Waals surface area contributed by atoms with Crippen molar-refractivity contribution >= 4 is 18.1 Å². The van der Waals surface area contributed by atoms with E-state index in [2.05, 4.69) is 25.9 Å². The van der Waals surface area contributed by atoms with E-state index in [-0.39, 0.29) is 12.5 Å². The minimum absolute atomic E-state index is 0.132. The van der Waals surface area contributed by atoms with Crippen molar-refractivity contribution in [3.05, 3.63) is 78.1 Å². The van der Waals surface area contributed by atoms with Crippen LogP contribution in [0.1, 0.15) is 23.0 Å². The summed E-state index contributed by atoms with van der Waals surface area (Å²) in [6.45, 7) is 1.95. The van der Waals surface area contributed by atoms with Gasteiger partial charge in [-0.15, -0.1) is 10.2 Å². The highest BCUT2D eigenvalue weighted by Crippen LogP contribution is 2.22. The number of hydrogen-bond acceptors (Lipinski definition) is 8. The monoisotopic (exact) mass is 444 g/mol. The predicted octanol–water partition coefficient (Wildman–Crippen LogP) is 2.93. The van der Waals surface area contributed by atoms with Crippen molar-refractivity contribution in [2.75, 3.05) is 6.61 Å². The van der Waals surface area contributed by atoms with Crippen molar-refractivity contribution in [1.82, 2.24) is 25.6 Å². The topological polar surface area (TPSA) is 124 Å². The molecule has 4 aromatic rings. The van der Waals surface area contributed by atoms with Crippen LogP contribution in [-0.4, -0.2) is 44.9 Å². The lowest BCUT2D eigenvalue weighted by molar-refractivity contribution is -0.122. The molecule has 1 N–H and O–H groups in total. The van der Waals surface area contributed by atoms with E-state index < -0.39 is 5.91 Å². The Morgan fingerprint density at radius 3 is 2.61 bits per heavy atom. The average Bonchev–Trinajstić information content (AvgIpc) is 3.50. The van der Waals surface area contributed by atoms with Crippen LogP contribution < -0.4 is 5.43 Å². The first kappa shape index (κ1) is 21.6. The number of rotatable bonds is 8. The zero-order valence-electron chi connectivity index (χ0n) is 17.7. The molecule has 0 bridgehead atoms. The number of aromatic nitrogens is 4. The minimum atomic E-state index is -0.412. The lowest BCUT2D eigenvalue weighted by atomic mass is 10.1. The molecule has 10 nitrogen and oxygen atoms in total. The van der Waals surface area contributed by atoms with Gasteiger partial charge in [0, 0.05) is 11.1 Å². The molecule has 0 radical (unpaired) electrons. The van der Waals surface area contributed by atoms with Gasteiger partial charge in [0.2, 0.25) is 5.82 Å². The second-order valence-electron chi connectivity index (χ2n) is 6.80. The van der Waals surface area contributed by atoms with Crippen molar-refractivity contribution in [1.29, 1.82) is 0 Å². The third-order valence-corrected chi connectivity index (χ3v) is 4.46. The molecule has 0 saturated carbocycles. The second kappa shape index (κ2) is 10.1. The van der Waals surface area contributed by atoms with Crippen molar-refractivity contribution in [3.8, 4) is 22.7 Å². The van der Waals surface area contributed by atoms with Gasteiger partial charge in [-0.2, -0.15) is 9.90 Å². The second-order valence-corrected chi connectivity index (χ2v) is 6.80. The summed E-state index contributed by atoms with van der Waals surface area (Å²) in [7, 11) is 0. The van der Waals surface area contributed by atoms with Crippen LogP contribution in [0.3, 0.4) is 0 Å². The van der Waals surface area contributed by atoms with Gasteiger partial charge in [0.25, 0.3) is 5.91 Å². The Morgan fingerprint density at radius 1 is 1.06 bits per heavy atom. The maximum Gasteiger partial charge on any atom is 0.338 e. The Balaban J connectivity index is 1.31. The summed E-state index contributed by atoms with van der Waals surface area (Å²) in [5.74, 6) is 0.697. The number of amides is 1. The van der Waals surface area contributed by atoms with Crippen LogP contribution in [0.5, 0.6) is 0 Å². The molecule has 0 aliphatic rings. The maximum atomic E-state index is 12.1. The molecule has 0 aliphatic carbocycles. The Hall–Kier alpha value is -4.60. The van der Waals surface area contributed by atoms with Crippen LogP contribution in [-0.2, 0) is 16.1 Å². The molecule has 0 fully saturated rings. The minimum Gasteiger partial charge on any atom is -0.462 e. The number of furan rings is 1. The predicted molar refractivity (Wildman–Crippen MR) is 119 cm³/mol. The van der Waals surface area contributed by atoms with Crippen molar-refractivity contribution < 1.29 is 18.7 Å². The summed E-state index contributed by atoms with van der Waals surface area (Å²) in [4.78, 5) is 25.0. The number of esters is 1. The molecular formula is C23H20N6O4. The van der Waals surface area contributed by atoms with E-state index in [1.54, 1.807) is 43.3 Å². The number of benzene rings is 2. The normalized spacial score (nSPS) is 10.9. The summed E-state index contributed by atoms with van der Waals surface area (Å²) in [5, 5.41) is 15.9. The van der Waals surface area contributed by atoms with E-state index in [1.807, 2.05) is 30.3 Å². The molecule has 4 rings (SSSR count). The molecule has 2 aromatic heterocycles. The zero-order chi connectivity index (χ0) is 23.0. The molecule has 0 unspecified atom stereocenters. The maximum absolute atomic E-state index is 12.1. The van der Waals surface area contributed by atoms with Gasteiger partial charge >= 0.3 is 5.97 Å². The summed E-state index contributed by atoms with van der Waals surface area (Å²) >= 11 is 0. The highest BCUT2D eigenvalue weighted by atomic mass is 16.5. The van der Waals surface area contributed by atoms with E-state index in [4.69, 9.17) is 9.15 Å². The van der Waals surface area contributed by atoms with E-state index >= 15 is 0 Å². The highest BCUT2D eigenvalue weighted by Gasteiger charge is 2.10. The standard InChI is InChI=1S/C23H20N6O4/c1-2-32-23(31)18-10-8-16(9-11-18)20-13-12-19(33-20)14-24-25-21(30)15-29-27-22(26-28-29)17-6-4-3-5-7-17/h3-14H,2,15H2,1H3,(H,25,30)/b24-14-. The fraction of sp³-hybridized carbons (Fsp3) is 0.130. The lowest BCUT2D eigenvalue weighted by Gasteiger charge is -2.02. The first-order valence-corrected chi connectivity index (χ1v) is 10.1. The fourth-order valence-corrected chi connectivity index (χ4v) is 2.91.